The molecule has 2 aliphatic heterocycles. The maximum Gasteiger partial charge on any atom is 0.302 e. The van der Waals surface area contributed by atoms with E-state index in [0.29, 0.717) is 35.4 Å². The normalized spacial score (nSPS) is 56.4. The Kier molecular flexibility index (Phi) is 5.37. The van der Waals surface area contributed by atoms with Crippen LogP contribution in [0.25, 0.3) is 0 Å². The van der Waals surface area contributed by atoms with Crippen LogP contribution in [0, 0.1) is 52.3 Å². The van der Waals surface area contributed by atoms with E-state index in [-0.39, 0.29) is 40.8 Å². The molecule has 1 unspecified atom stereocenters. The standard InChI is InChI=1S/C29H44O5/c1-16-8-11-29(32-15-16)17(2)26-24(34-29)13-23-21-7-6-19-12-20(33-18(3)30)9-10-27(19,4)22(21)14-25(31)28(23,26)5/h16-17,19-24,26H,6-15H2,1-5H3/t16-,17-,19?,20-,21+,22-,23-,24-,26-,27-,28+,29+/m0/s1. The fourth-order valence-electron chi connectivity index (χ4n) is 10.3. The van der Waals surface area contributed by atoms with Gasteiger partial charge in [-0.25, -0.2) is 0 Å². The topological polar surface area (TPSA) is 61.8 Å². The maximum absolute atomic E-state index is 14.1. The number of hydrogen-bond acceptors (Lipinski definition) is 5. The molecule has 2 heterocycles. The zero-order valence-corrected chi connectivity index (χ0v) is 21.8. The Balaban J connectivity index is 1.25. The van der Waals surface area contributed by atoms with E-state index in [4.69, 9.17) is 14.2 Å². The van der Waals surface area contributed by atoms with Gasteiger partial charge in [-0.3, -0.25) is 9.59 Å². The molecule has 0 aromatic rings. The minimum Gasteiger partial charge on any atom is -0.463 e. The summed E-state index contributed by atoms with van der Waals surface area (Å²) in [5, 5.41) is 0. The lowest BCUT2D eigenvalue weighted by molar-refractivity contribution is -0.272. The zero-order chi connectivity index (χ0) is 24.0. The molecule has 6 rings (SSSR count). The fourth-order valence-corrected chi connectivity index (χ4v) is 10.3. The Morgan fingerprint density at radius 2 is 1.82 bits per heavy atom. The van der Waals surface area contributed by atoms with Crippen molar-refractivity contribution in [2.45, 2.75) is 110 Å². The summed E-state index contributed by atoms with van der Waals surface area (Å²) in [7, 11) is 0. The van der Waals surface area contributed by atoms with Gasteiger partial charge in [-0.2, -0.15) is 0 Å². The monoisotopic (exact) mass is 472 g/mol. The lowest BCUT2D eigenvalue weighted by Gasteiger charge is -2.60. The van der Waals surface area contributed by atoms with Crippen molar-refractivity contribution >= 4 is 11.8 Å². The van der Waals surface area contributed by atoms with Crippen molar-refractivity contribution < 1.29 is 23.8 Å². The number of Topliss-reactive ketones (excluding diaryl/α,β-unsaturated/α-hetero) is 1. The molecule has 2 saturated heterocycles. The molecular formula is C29H44O5. The Hall–Kier alpha value is -0.940. The van der Waals surface area contributed by atoms with Gasteiger partial charge in [0.1, 0.15) is 11.9 Å². The van der Waals surface area contributed by atoms with Gasteiger partial charge in [0.2, 0.25) is 0 Å². The zero-order valence-electron chi connectivity index (χ0n) is 21.8. The van der Waals surface area contributed by atoms with Gasteiger partial charge in [-0.15, -0.1) is 0 Å². The second-order valence-corrected chi connectivity index (χ2v) is 13.5. The molecule has 1 spiro atoms. The average molecular weight is 473 g/mol. The Bertz CT molecular complexity index is 861. The third-order valence-electron chi connectivity index (χ3n) is 12.1. The molecule has 0 bridgehead atoms. The van der Waals surface area contributed by atoms with Gasteiger partial charge >= 0.3 is 5.97 Å². The van der Waals surface area contributed by atoms with Gasteiger partial charge in [0.05, 0.1) is 12.7 Å². The molecule has 34 heavy (non-hydrogen) atoms. The molecule has 0 amide bonds. The number of rotatable bonds is 1. The lowest BCUT2D eigenvalue weighted by Crippen LogP contribution is -2.58. The second-order valence-electron chi connectivity index (χ2n) is 13.5. The van der Waals surface area contributed by atoms with E-state index < -0.39 is 5.79 Å². The molecular weight excluding hydrogens is 428 g/mol. The molecule has 0 radical (unpaired) electrons. The van der Waals surface area contributed by atoms with Crippen molar-refractivity contribution in [1.29, 1.82) is 0 Å². The van der Waals surface area contributed by atoms with E-state index in [0.717, 1.165) is 51.6 Å². The van der Waals surface area contributed by atoms with E-state index in [2.05, 4.69) is 27.7 Å². The number of fused-ring (bicyclic) bond motifs is 7. The first-order valence-corrected chi connectivity index (χ1v) is 14.1. The van der Waals surface area contributed by atoms with E-state index in [9.17, 15) is 9.59 Å². The van der Waals surface area contributed by atoms with Crippen LogP contribution in [0.2, 0.25) is 0 Å². The summed E-state index contributed by atoms with van der Waals surface area (Å²) in [6.45, 7) is 11.6. The molecule has 0 N–H and O–H groups in total. The Morgan fingerprint density at radius 1 is 1.03 bits per heavy atom. The van der Waals surface area contributed by atoms with Crippen LogP contribution < -0.4 is 0 Å². The molecule has 0 aromatic carbocycles. The van der Waals surface area contributed by atoms with Crippen molar-refractivity contribution in [3.63, 3.8) is 0 Å². The van der Waals surface area contributed by atoms with E-state index in [1.54, 1.807) is 0 Å². The second kappa shape index (κ2) is 7.78. The van der Waals surface area contributed by atoms with Gasteiger partial charge < -0.3 is 14.2 Å². The fraction of sp³-hybridized carbons (Fsp3) is 0.931. The quantitative estimate of drug-likeness (QED) is 0.469. The van der Waals surface area contributed by atoms with Crippen LogP contribution in [0.15, 0.2) is 0 Å². The van der Waals surface area contributed by atoms with Crippen LogP contribution in [-0.2, 0) is 23.8 Å². The largest absolute Gasteiger partial charge is 0.463 e. The predicted molar refractivity (Wildman–Crippen MR) is 128 cm³/mol. The molecule has 190 valence electrons. The molecule has 6 fully saturated rings. The van der Waals surface area contributed by atoms with Crippen molar-refractivity contribution in [1.82, 2.24) is 0 Å². The number of ketones is 1. The number of carbonyl (C=O) groups is 2. The van der Waals surface area contributed by atoms with Crippen molar-refractivity contribution in [2.24, 2.45) is 52.3 Å². The van der Waals surface area contributed by atoms with Crippen LogP contribution in [0.1, 0.15) is 92.4 Å². The van der Waals surface area contributed by atoms with Crippen LogP contribution in [-0.4, -0.2) is 36.4 Å². The highest BCUT2D eigenvalue weighted by Crippen LogP contribution is 2.70. The Morgan fingerprint density at radius 3 is 2.53 bits per heavy atom. The predicted octanol–water partition coefficient (Wildman–Crippen LogP) is 5.54. The number of esters is 1. The van der Waals surface area contributed by atoms with Crippen molar-refractivity contribution in [3.8, 4) is 0 Å². The average Bonchev–Trinajstić information content (AvgIpc) is 3.23. The van der Waals surface area contributed by atoms with Crippen molar-refractivity contribution in [2.75, 3.05) is 6.61 Å². The lowest BCUT2D eigenvalue weighted by atomic mass is 9.44. The molecule has 5 heteroatoms. The first-order valence-electron chi connectivity index (χ1n) is 14.1. The molecule has 6 aliphatic rings. The van der Waals surface area contributed by atoms with Crippen LogP contribution in [0.5, 0.6) is 0 Å². The van der Waals surface area contributed by atoms with Gasteiger partial charge in [0, 0.05) is 37.0 Å². The number of carbonyl (C=O) groups excluding carboxylic acids is 2. The summed E-state index contributed by atoms with van der Waals surface area (Å²) in [6, 6.07) is 0. The molecule has 0 aromatic heterocycles. The highest BCUT2D eigenvalue weighted by atomic mass is 16.7. The third kappa shape index (κ3) is 3.11. The summed E-state index contributed by atoms with van der Waals surface area (Å²) in [5.41, 5.74) is -0.0934. The summed E-state index contributed by atoms with van der Waals surface area (Å²) in [5.74, 6) is 3.07. The smallest absolute Gasteiger partial charge is 0.302 e. The highest BCUT2D eigenvalue weighted by molar-refractivity contribution is 5.87. The summed E-state index contributed by atoms with van der Waals surface area (Å²) in [4.78, 5) is 25.7. The van der Waals surface area contributed by atoms with Gasteiger partial charge in [-0.05, 0) is 80.0 Å². The number of hydrogen-bond donors (Lipinski definition) is 0. The third-order valence-corrected chi connectivity index (χ3v) is 12.1. The van der Waals surface area contributed by atoms with Crippen LogP contribution in [0.3, 0.4) is 0 Å². The van der Waals surface area contributed by atoms with E-state index in [1.807, 2.05) is 0 Å². The summed E-state index contributed by atoms with van der Waals surface area (Å²) >= 11 is 0. The first-order chi connectivity index (χ1) is 16.1. The highest BCUT2D eigenvalue weighted by Gasteiger charge is 2.71. The van der Waals surface area contributed by atoms with Gasteiger partial charge in [0.15, 0.2) is 5.79 Å². The molecule has 12 atom stereocenters. The van der Waals surface area contributed by atoms with Gasteiger partial charge in [-0.1, -0.05) is 27.7 Å². The van der Waals surface area contributed by atoms with E-state index in [1.165, 1.54) is 19.8 Å². The maximum atomic E-state index is 14.1. The SMILES string of the molecule is CC(=O)O[C@H]1CC[C@@]2(C)C(CC[C@H]3[C@@H]4C[C@@H]5O[C@]6(CC[C@H](C)CO6)[C@@H](C)[C@@H]5[C@@]4(C)C(=O)C[C@@H]32)C1. The van der Waals surface area contributed by atoms with E-state index >= 15 is 0 Å². The minimum atomic E-state index is -0.467. The van der Waals surface area contributed by atoms with Crippen LogP contribution in [0.4, 0.5) is 0 Å². The Labute approximate surface area is 205 Å². The van der Waals surface area contributed by atoms with Gasteiger partial charge in [0.25, 0.3) is 0 Å². The molecule has 4 aliphatic carbocycles. The molecule has 4 saturated carbocycles. The first kappa shape index (κ1) is 23.5. The summed E-state index contributed by atoms with van der Waals surface area (Å²) in [6.07, 6.45) is 9.47. The van der Waals surface area contributed by atoms with Crippen molar-refractivity contribution in [3.05, 3.63) is 0 Å². The van der Waals surface area contributed by atoms with Crippen LogP contribution >= 0.6 is 0 Å². The molecule has 5 nitrogen and oxygen atoms in total. The number of ether oxygens (including phenoxy) is 3. The summed E-state index contributed by atoms with van der Waals surface area (Å²) < 4.78 is 18.8. The minimum absolute atomic E-state index is 0.0613.